The summed E-state index contributed by atoms with van der Waals surface area (Å²) in [5, 5.41) is 4.09. The topological polar surface area (TPSA) is 90.3 Å². The highest BCUT2D eigenvalue weighted by molar-refractivity contribution is 7.89. The van der Waals surface area contributed by atoms with Gasteiger partial charge in [0.25, 0.3) is 0 Å². The second kappa shape index (κ2) is 8.50. The number of carbonyl (C=O) groups excluding carboxylic acids is 1. The highest BCUT2D eigenvalue weighted by Gasteiger charge is 2.24. The largest absolute Gasteiger partial charge is 0.469 e. The Labute approximate surface area is 136 Å². The van der Waals surface area contributed by atoms with Crippen molar-refractivity contribution in [3.05, 3.63) is 10.8 Å². The van der Waals surface area contributed by atoms with Gasteiger partial charge in [0.05, 0.1) is 12.8 Å². The van der Waals surface area contributed by atoms with Crippen molar-refractivity contribution in [3.8, 4) is 0 Å². The van der Waals surface area contributed by atoms with E-state index in [-0.39, 0.29) is 16.0 Å². The Kier molecular flexibility index (Phi) is 7.31. The van der Waals surface area contributed by atoms with Crippen molar-refractivity contribution in [2.24, 2.45) is 7.05 Å². The number of unbranched alkanes of at least 4 members (excludes halogenated alkanes) is 3. The average Bonchev–Trinajstić information content (AvgIpc) is 2.71. The van der Waals surface area contributed by atoms with Crippen LogP contribution in [0.3, 0.4) is 0 Å². The SMILES string of the molecule is COC(=O)CCCCCCNS(=O)(=O)c1c(C)nn(C)c1Cl. The molecule has 1 heterocycles. The number of hydrogen-bond acceptors (Lipinski definition) is 5. The highest BCUT2D eigenvalue weighted by Crippen LogP contribution is 2.23. The van der Waals surface area contributed by atoms with E-state index in [9.17, 15) is 13.2 Å². The fraction of sp³-hybridized carbons (Fsp3) is 0.692. The van der Waals surface area contributed by atoms with Gasteiger partial charge in [-0.2, -0.15) is 5.10 Å². The zero-order valence-electron chi connectivity index (χ0n) is 13.1. The van der Waals surface area contributed by atoms with Crippen molar-refractivity contribution in [3.63, 3.8) is 0 Å². The lowest BCUT2D eigenvalue weighted by Gasteiger charge is -2.06. The minimum Gasteiger partial charge on any atom is -0.469 e. The van der Waals surface area contributed by atoms with Crippen LogP contribution in [0.4, 0.5) is 0 Å². The molecule has 1 rings (SSSR count). The summed E-state index contributed by atoms with van der Waals surface area (Å²) in [7, 11) is -0.694. The van der Waals surface area contributed by atoms with Crippen LogP contribution in [-0.4, -0.2) is 37.8 Å². The summed E-state index contributed by atoms with van der Waals surface area (Å²) in [6.45, 7) is 1.93. The second-order valence-electron chi connectivity index (χ2n) is 4.97. The number of sulfonamides is 1. The smallest absolute Gasteiger partial charge is 0.305 e. The van der Waals surface area contributed by atoms with Gasteiger partial charge >= 0.3 is 5.97 Å². The van der Waals surface area contributed by atoms with E-state index in [1.807, 2.05) is 0 Å². The number of aryl methyl sites for hydroxylation is 2. The van der Waals surface area contributed by atoms with Gasteiger partial charge in [0.2, 0.25) is 10.0 Å². The van der Waals surface area contributed by atoms with Crippen molar-refractivity contribution >= 4 is 27.6 Å². The van der Waals surface area contributed by atoms with Gasteiger partial charge in [-0.05, 0) is 19.8 Å². The van der Waals surface area contributed by atoms with Crippen LogP contribution in [0.25, 0.3) is 0 Å². The van der Waals surface area contributed by atoms with Crippen LogP contribution in [0.15, 0.2) is 4.90 Å². The number of carbonyl (C=O) groups is 1. The zero-order valence-corrected chi connectivity index (χ0v) is 14.6. The lowest BCUT2D eigenvalue weighted by molar-refractivity contribution is -0.140. The van der Waals surface area contributed by atoms with E-state index in [4.69, 9.17) is 11.6 Å². The molecule has 0 aromatic carbocycles. The summed E-state index contributed by atoms with van der Waals surface area (Å²) in [6.07, 6.45) is 3.51. The molecule has 0 spiro atoms. The van der Waals surface area contributed by atoms with Crippen molar-refractivity contribution < 1.29 is 17.9 Å². The molecule has 0 radical (unpaired) electrons. The van der Waals surface area contributed by atoms with E-state index in [1.165, 1.54) is 11.8 Å². The Balaban J connectivity index is 2.37. The lowest BCUT2D eigenvalue weighted by atomic mass is 10.1. The van der Waals surface area contributed by atoms with Gasteiger partial charge in [-0.25, -0.2) is 13.1 Å². The lowest BCUT2D eigenvalue weighted by Crippen LogP contribution is -2.25. The van der Waals surface area contributed by atoms with Gasteiger partial charge in [0.15, 0.2) is 0 Å². The Morgan fingerprint density at radius 3 is 2.50 bits per heavy atom. The van der Waals surface area contributed by atoms with Crippen LogP contribution in [0.5, 0.6) is 0 Å². The van der Waals surface area contributed by atoms with Gasteiger partial charge in [-0.1, -0.05) is 24.4 Å². The number of nitrogens with one attached hydrogen (secondary N) is 1. The molecule has 0 aliphatic carbocycles. The van der Waals surface area contributed by atoms with Crippen molar-refractivity contribution in [2.75, 3.05) is 13.7 Å². The van der Waals surface area contributed by atoms with E-state index in [0.717, 1.165) is 19.3 Å². The summed E-state index contributed by atoms with van der Waals surface area (Å²) in [5.41, 5.74) is 0.373. The number of methoxy groups -OCH3 is 1. The molecular formula is C13H22ClN3O4S. The number of halogens is 1. The first-order chi connectivity index (χ1) is 10.3. The van der Waals surface area contributed by atoms with Gasteiger partial charge < -0.3 is 4.74 Å². The average molecular weight is 352 g/mol. The maximum Gasteiger partial charge on any atom is 0.305 e. The van der Waals surface area contributed by atoms with E-state index in [0.29, 0.717) is 25.1 Å². The Hall–Kier alpha value is -1.12. The Bertz CT molecular complexity index is 613. The first kappa shape index (κ1) is 18.9. The molecule has 0 saturated heterocycles. The maximum atomic E-state index is 12.2. The Morgan fingerprint density at radius 2 is 1.95 bits per heavy atom. The van der Waals surface area contributed by atoms with Crippen LogP contribution in [0, 0.1) is 6.92 Å². The Morgan fingerprint density at radius 1 is 1.32 bits per heavy atom. The summed E-state index contributed by atoms with van der Waals surface area (Å²) in [6, 6.07) is 0. The maximum absolute atomic E-state index is 12.2. The molecule has 0 saturated carbocycles. The van der Waals surface area contributed by atoms with Crippen LogP contribution < -0.4 is 4.72 Å². The van der Waals surface area contributed by atoms with Crippen LogP contribution >= 0.6 is 11.6 Å². The van der Waals surface area contributed by atoms with Gasteiger partial charge in [0, 0.05) is 20.0 Å². The molecular weight excluding hydrogens is 330 g/mol. The van der Waals surface area contributed by atoms with Crippen molar-refractivity contribution in [1.82, 2.24) is 14.5 Å². The van der Waals surface area contributed by atoms with Gasteiger partial charge in [-0.15, -0.1) is 0 Å². The fourth-order valence-electron chi connectivity index (χ4n) is 2.04. The molecule has 1 aromatic rings. The third-order valence-corrected chi connectivity index (χ3v) is 5.35. The minimum atomic E-state index is -3.65. The number of nitrogens with zero attached hydrogens (tertiary/aromatic N) is 2. The number of ether oxygens (including phenoxy) is 1. The number of esters is 1. The zero-order chi connectivity index (χ0) is 16.8. The molecule has 22 heavy (non-hydrogen) atoms. The van der Waals surface area contributed by atoms with E-state index in [2.05, 4.69) is 14.6 Å². The molecule has 0 aliphatic heterocycles. The number of rotatable bonds is 9. The third-order valence-electron chi connectivity index (χ3n) is 3.20. The second-order valence-corrected chi connectivity index (χ2v) is 7.03. The molecule has 126 valence electrons. The molecule has 0 bridgehead atoms. The fourth-order valence-corrected chi connectivity index (χ4v) is 3.86. The third kappa shape index (κ3) is 5.26. The molecule has 9 heteroatoms. The predicted octanol–water partition coefficient (Wildman–Crippen LogP) is 1.78. The molecule has 0 unspecified atom stereocenters. The quantitative estimate of drug-likeness (QED) is 0.541. The van der Waals surface area contributed by atoms with E-state index in [1.54, 1.807) is 14.0 Å². The summed E-state index contributed by atoms with van der Waals surface area (Å²) >= 11 is 5.96. The number of hydrogen-bond donors (Lipinski definition) is 1. The predicted molar refractivity (Wildman–Crippen MR) is 83.2 cm³/mol. The monoisotopic (exact) mass is 351 g/mol. The van der Waals surface area contributed by atoms with Gasteiger partial charge in [-0.3, -0.25) is 9.48 Å². The molecule has 0 fully saturated rings. The molecule has 1 aromatic heterocycles. The van der Waals surface area contributed by atoms with Crippen LogP contribution in [-0.2, 0) is 26.6 Å². The van der Waals surface area contributed by atoms with Gasteiger partial charge in [0.1, 0.15) is 10.0 Å². The molecule has 1 N–H and O–H groups in total. The first-order valence-corrected chi connectivity index (χ1v) is 8.91. The van der Waals surface area contributed by atoms with Crippen LogP contribution in [0.1, 0.15) is 37.8 Å². The normalized spacial score (nSPS) is 11.6. The molecule has 0 amide bonds. The standard InChI is InChI=1S/C13H22ClN3O4S/c1-10-12(13(14)17(2)16-10)22(19,20)15-9-7-5-4-6-8-11(18)21-3/h15H,4-9H2,1-3H3. The minimum absolute atomic E-state index is 0.0300. The van der Waals surface area contributed by atoms with E-state index >= 15 is 0 Å². The first-order valence-electron chi connectivity index (χ1n) is 7.05. The summed E-state index contributed by atoms with van der Waals surface area (Å²) < 4.78 is 32.8. The number of aromatic nitrogens is 2. The highest BCUT2D eigenvalue weighted by atomic mass is 35.5. The van der Waals surface area contributed by atoms with Crippen molar-refractivity contribution in [1.29, 1.82) is 0 Å². The van der Waals surface area contributed by atoms with Crippen LogP contribution in [0.2, 0.25) is 5.15 Å². The molecule has 7 nitrogen and oxygen atoms in total. The van der Waals surface area contributed by atoms with Crippen molar-refractivity contribution in [2.45, 2.75) is 43.9 Å². The summed E-state index contributed by atoms with van der Waals surface area (Å²) in [4.78, 5) is 11.0. The molecule has 0 aliphatic rings. The summed E-state index contributed by atoms with van der Waals surface area (Å²) in [5.74, 6) is -0.220. The molecule has 0 atom stereocenters. The van der Waals surface area contributed by atoms with E-state index < -0.39 is 10.0 Å².